The summed E-state index contributed by atoms with van der Waals surface area (Å²) in [4.78, 5) is 60.1. The molecule has 1 aromatic heterocycles. The van der Waals surface area contributed by atoms with E-state index in [0.717, 1.165) is 0 Å². The summed E-state index contributed by atoms with van der Waals surface area (Å²) >= 11 is 6.34. The predicted molar refractivity (Wildman–Crippen MR) is 199 cm³/mol. The number of sulfonamides is 1. The van der Waals surface area contributed by atoms with Gasteiger partial charge in [-0.15, -0.1) is 6.58 Å². The molecule has 5 atom stereocenters. The lowest BCUT2D eigenvalue weighted by Gasteiger charge is -2.34. The smallest absolute Gasteiger partial charge is 0.254 e. The number of rotatable bonds is 13. The summed E-state index contributed by atoms with van der Waals surface area (Å²) in [6, 6.07) is 9.46. The van der Waals surface area contributed by atoms with Crippen LogP contribution in [0.4, 0.5) is 5.69 Å². The first-order chi connectivity index (χ1) is 25.0. The van der Waals surface area contributed by atoms with Crippen LogP contribution < -0.4 is 30.6 Å². The molecule has 3 aliphatic rings. The topological polar surface area (TPSA) is 199 Å². The molecule has 2 saturated carbocycles. The molecular weight excluding hydrogens is 724 g/mol. The molecule has 282 valence electrons. The number of amides is 4. The minimum atomic E-state index is -3.93. The number of methoxy groups -OCH3 is 1. The maximum atomic E-state index is 14.3. The van der Waals surface area contributed by atoms with Crippen LogP contribution >= 0.6 is 11.6 Å². The number of carbonyl (C=O) groups is 4. The Kier molecular flexibility index (Phi) is 10.2. The highest BCUT2D eigenvalue weighted by atomic mass is 35.5. The van der Waals surface area contributed by atoms with Gasteiger partial charge >= 0.3 is 0 Å². The maximum Gasteiger partial charge on any atom is 0.254 e. The summed E-state index contributed by atoms with van der Waals surface area (Å²) in [7, 11) is -2.41. The fourth-order valence-corrected chi connectivity index (χ4v) is 8.52. The molecule has 3 fully saturated rings. The van der Waals surface area contributed by atoms with E-state index in [-0.39, 0.29) is 30.8 Å². The summed E-state index contributed by atoms with van der Waals surface area (Å²) in [6.45, 7) is 9.34. The molecule has 1 aliphatic heterocycles. The molecule has 53 heavy (non-hydrogen) atoms. The third-order valence-corrected chi connectivity index (χ3v) is 12.1. The quantitative estimate of drug-likeness (QED) is 0.186. The van der Waals surface area contributed by atoms with Crippen LogP contribution in [0.25, 0.3) is 10.8 Å². The molecule has 1 saturated heterocycles. The minimum Gasteiger partial charge on any atom is -0.494 e. The van der Waals surface area contributed by atoms with Gasteiger partial charge in [0.2, 0.25) is 33.6 Å². The molecule has 3 aromatic rings. The van der Waals surface area contributed by atoms with Crippen molar-refractivity contribution < 1.29 is 37.1 Å². The van der Waals surface area contributed by atoms with Crippen molar-refractivity contribution in [3.8, 4) is 11.6 Å². The van der Waals surface area contributed by atoms with Gasteiger partial charge in [-0.1, -0.05) is 44.5 Å². The fourth-order valence-electron chi connectivity index (χ4n) is 6.99. The number of nitrogens with two attached hydrogens (primary N) is 1. The number of fused-ring (bicyclic) bond motifs is 1. The highest BCUT2D eigenvalue weighted by molar-refractivity contribution is 7.91. The van der Waals surface area contributed by atoms with E-state index in [1.807, 2.05) is 20.8 Å². The number of hydrogen-bond acceptors (Lipinski definition) is 11. The van der Waals surface area contributed by atoms with E-state index in [1.165, 1.54) is 19.4 Å². The second-order valence-electron chi connectivity index (χ2n) is 14.9. The van der Waals surface area contributed by atoms with Crippen LogP contribution in [0.15, 0.2) is 61.3 Å². The van der Waals surface area contributed by atoms with Gasteiger partial charge in [0.1, 0.15) is 23.4 Å². The van der Waals surface area contributed by atoms with Crippen LogP contribution in [0.1, 0.15) is 56.8 Å². The second-order valence-corrected chi connectivity index (χ2v) is 17.3. The van der Waals surface area contributed by atoms with E-state index in [9.17, 15) is 27.6 Å². The standard InChI is InChI=1S/C37H43ClN6O8S/c1-6-21-17-37(21,35(48)43-53(49,50)25-11-12-25)44-19-24(52-34-27-15-22(38)10-13-26(27)29(51-5)18-40-34)16-28(44)32(46)42-33(47)30(36(2,3)4)41-23-9-7-8-20(14-23)31(39)45/h6-10,13-15,18,21,24-25,28,30,41H,1,11-12,16-17,19H2,2-5H3,(H2,39,45)(H,43,48)(H,42,46,47)/t21-,24-,28+,30+,37-/m1/s1. The molecule has 2 aromatic carbocycles. The largest absolute Gasteiger partial charge is 0.494 e. The number of anilines is 1. The van der Waals surface area contributed by atoms with Gasteiger partial charge in [-0.2, -0.15) is 0 Å². The molecule has 2 heterocycles. The highest BCUT2D eigenvalue weighted by Gasteiger charge is 2.67. The van der Waals surface area contributed by atoms with Crippen molar-refractivity contribution in [3.63, 3.8) is 0 Å². The lowest BCUT2D eigenvalue weighted by atomic mass is 9.85. The molecule has 0 radical (unpaired) electrons. The van der Waals surface area contributed by atoms with E-state index in [1.54, 1.807) is 47.4 Å². The number of nitrogens with zero attached hydrogens (tertiary/aromatic N) is 2. The summed E-state index contributed by atoms with van der Waals surface area (Å²) in [6.07, 6.45) is 3.48. The maximum absolute atomic E-state index is 14.3. The van der Waals surface area contributed by atoms with Crippen molar-refractivity contribution in [2.75, 3.05) is 19.0 Å². The number of nitrogens with one attached hydrogen (secondary N) is 3. The third kappa shape index (κ3) is 7.69. The van der Waals surface area contributed by atoms with Crippen LogP contribution in [0.2, 0.25) is 5.02 Å². The SMILES string of the molecule is C=C[C@@H]1C[C@@]1(C(=O)NS(=O)(=O)C1CC1)N1C[C@H](Oc2ncc(OC)c3ccc(Cl)cc23)C[C@H]1C(=O)NC(=O)[C@H](Nc1cccc(C(N)=O)c1)C(C)(C)C. The zero-order valence-electron chi connectivity index (χ0n) is 29.8. The zero-order chi connectivity index (χ0) is 38.5. The zero-order valence-corrected chi connectivity index (χ0v) is 31.4. The van der Waals surface area contributed by atoms with Gasteiger partial charge in [-0.25, -0.2) is 13.4 Å². The lowest BCUT2D eigenvalue weighted by Crippen LogP contribution is -2.59. The number of benzene rings is 2. The molecule has 0 unspecified atom stereocenters. The van der Waals surface area contributed by atoms with Crippen molar-refractivity contribution in [2.45, 2.75) is 75.4 Å². The van der Waals surface area contributed by atoms with Gasteiger partial charge in [-0.3, -0.25) is 34.1 Å². The van der Waals surface area contributed by atoms with Gasteiger partial charge < -0.3 is 20.5 Å². The van der Waals surface area contributed by atoms with Crippen molar-refractivity contribution in [2.24, 2.45) is 17.1 Å². The first kappa shape index (κ1) is 38.0. The molecule has 4 amide bonds. The molecular formula is C37H43ClN6O8S. The molecule has 0 spiro atoms. The number of carbonyl (C=O) groups excluding carboxylic acids is 4. The monoisotopic (exact) mass is 766 g/mol. The molecule has 5 N–H and O–H groups in total. The number of halogens is 1. The number of hydrogen-bond donors (Lipinski definition) is 4. The first-order valence-electron chi connectivity index (χ1n) is 17.2. The Balaban J connectivity index is 1.31. The summed E-state index contributed by atoms with van der Waals surface area (Å²) < 4.78 is 40.1. The highest BCUT2D eigenvalue weighted by Crippen LogP contribution is 2.53. The van der Waals surface area contributed by atoms with Crippen LogP contribution in [0.5, 0.6) is 11.6 Å². The Morgan fingerprint density at radius 1 is 1.13 bits per heavy atom. The number of imide groups is 1. The van der Waals surface area contributed by atoms with Crippen LogP contribution in [0, 0.1) is 11.3 Å². The number of likely N-dealkylation sites (tertiary alicyclic amines) is 1. The molecule has 16 heteroatoms. The van der Waals surface area contributed by atoms with Gasteiger partial charge in [-0.05, 0) is 61.1 Å². The fraction of sp³-hybridized carbons (Fsp3) is 0.432. The average molecular weight is 767 g/mol. The third-order valence-electron chi connectivity index (χ3n) is 10.0. The van der Waals surface area contributed by atoms with E-state index < -0.39 is 74.0 Å². The first-order valence-corrected chi connectivity index (χ1v) is 19.2. The Bertz CT molecular complexity index is 2100. The van der Waals surface area contributed by atoms with Gasteiger partial charge in [0.15, 0.2) is 0 Å². The Morgan fingerprint density at radius 3 is 2.49 bits per heavy atom. The number of primary amides is 1. The van der Waals surface area contributed by atoms with Gasteiger partial charge in [0, 0.05) is 45.9 Å². The minimum absolute atomic E-state index is 0.0180. The molecule has 14 nitrogen and oxygen atoms in total. The van der Waals surface area contributed by atoms with E-state index >= 15 is 0 Å². The Hall–Kier alpha value is -4.73. The van der Waals surface area contributed by atoms with Crippen LogP contribution in [-0.4, -0.2) is 84.6 Å². The number of aromatic nitrogens is 1. The molecule has 6 rings (SSSR count). The van der Waals surface area contributed by atoms with E-state index in [4.69, 9.17) is 26.8 Å². The van der Waals surface area contributed by atoms with E-state index in [0.29, 0.717) is 40.1 Å². The summed E-state index contributed by atoms with van der Waals surface area (Å²) in [5.74, 6) is -2.53. The Labute approximate surface area is 312 Å². The van der Waals surface area contributed by atoms with Crippen LogP contribution in [0.3, 0.4) is 0 Å². The van der Waals surface area contributed by atoms with Crippen molar-refractivity contribution in [3.05, 3.63) is 71.9 Å². The van der Waals surface area contributed by atoms with Crippen molar-refractivity contribution in [1.29, 1.82) is 0 Å². The van der Waals surface area contributed by atoms with Gasteiger partial charge in [0.05, 0.1) is 24.6 Å². The lowest BCUT2D eigenvalue weighted by molar-refractivity contribution is -0.136. The van der Waals surface area contributed by atoms with Gasteiger partial charge in [0.25, 0.3) is 5.91 Å². The van der Waals surface area contributed by atoms with Crippen LogP contribution in [-0.2, 0) is 24.4 Å². The van der Waals surface area contributed by atoms with Crippen molar-refractivity contribution in [1.82, 2.24) is 19.9 Å². The average Bonchev–Trinajstić information content (AvgIpc) is 4.03. The number of ether oxygens (including phenoxy) is 2. The molecule has 2 aliphatic carbocycles. The molecule has 0 bridgehead atoms. The normalized spacial score (nSPS) is 23.5. The second kappa shape index (κ2) is 14.3. The summed E-state index contributed by atoms with van der Waals surface area (Å²) in [5.41, 5.74) is 3.97. The van der Waals surface area contributed by atoms with Crippen molar-refractivity contribution >= 4 is 61.7 Å². The predicted octanol–water partition coefficient (Wildman–Crippen LogP) is 3.54. The summed E-state index contributed by atoms with van der Waals surface area (Å²) in [5, 5.41) is 6.71. The van der Waals surface area contributed by atoms with E-state index in [2.05, 4.69) is 26.9 Å². The Morgan fingerprint density at radius 2 is 1.87 bits per heavy atom. The number of pyridine rings is 1.